The van der Waals surface area contributed by atoms with Gasteiger partial charge in [0, 0.05) is 37.9 Å². The van der Waals surface area contributed by atoms with Crippen molar-refractivity contribution in [2.75, 3.05) is 31.1 Å². The van der Waals surface area contributed by atoms with Crippen LogP contribution >= 0.6 is 0 Å². The van der Waals surface area contributed by atoms with Gasteiger partial charge in [0.2, 0.25) is 0 Å². The van der Waals surface area contributed by atoms with Gasteiger partial charge < -0.3 is 9.80 Å². The number of hydrogen-bond acceptors (Lipinski definition) is 3. The van der Waals surface area contributed by atoms with Crippen molar-refractivity contribution in [3.8, 4) is 11.8 Å². The van der Waals surface area contributed by atoms with E-state index in [1.54, 1.807) is 0 Å². The lowest BCUT2D eigenvalue weighted by Crippen LogP contribution is -2.46. The van der Waals surface area contributed by atoms with E-state index < -0.39 is 0 Å². The minimum absolute atomic E-state index is 0.895. The molecule has 0 atom stereocenters. The zero-order chi connectivity index (χ0) is 16.1. The summed E-state index contributed by atoms with van der Waals surface area (Å²) < 4.78 is 0. The standard InChI is InChI=1S/C20H21N3/c1-17-7-6-12-21-20(17)23-15-13-22(14-16-23)18(2)10-11-19-8-4-3-5-9-19/h3-9,12H,2,13-16H2,1H3. The smallest absolute Gasteiger partial charge is 0.131 e. The zero-order valence-corrected chi connectivity index (χ0v) is 13.5. The van der Waals surface area contributed by atoms with Gasteiger partial charge in [0.25, 0.3) is 0 Å². The predicted octanol–water partition coefficient (Wildman–Crippen LogP) is 3.08. The molecule has 3 nitrogen and oxygen atoms in total. The molecule has 0 radical (unpaired) electrons. The molecule has 0 aliphatic carbocycles. The number of piperazine rings is 1. The topological polar surface area (TPSA) is 19.4 Å². The van der Waals surface area contributed by atoms with Crippen molar-refractivity contribution in [1.82, 2.24) is 9.88 Å². The normalized spacial score (nSPS) is 14.1. The molecular weight excluding hydrogens is 282 g/mol. The van der Waals surface area contributed by atoms with E-state index in [0.717, 1.165) is 43.3 Å². The van der Waals surface area contributed by atoms with Crippen LogP contribution in [0.1, 0.15) is 11.1 Å². The highest BCUT2D eigenvalue weighted by atomic mass is 15.3. The Morgan fingerprint density at radius 1 is 1.04 bits per heavy atom. The van der Waals surface area contributed by atoms with Crippen LogP contribution in [0, 0.1) is 18.8 Å². The van der Waals surface area contributed by atoms with Crippen molar-refractivity contribution in [3.05, 3.63) is 72.1 Å². The third kappa shape index (κ3) is 3.73. The van der Waals surface area contributed by atoms with Gasteiger partial charge in [-0.1, -0.05) is 36.8 Å². The summed E-state index contributed by atoms with van der Waals surface area (Å²) in [6, 6.07) is 14.1. The van der Waals surface area contributed by atoms with Crippen LogP contribution in [0.4, 0.5) is 5.82 Å². The Bertz CT molecular complexity index is 732. The molecule has 1 aromatic carbocycles. The average molecular weight is 303 g/mol. The molecule has 0 bridgehead atoms. The van der Waals surface area contributed by atoms with Gasteiger partial charge in [0.1, 0.15) is 5.82 Å². The van der Waals surface area contributed by atoms with Crippen molar-refractivity contribution in [1.29, 1.82) is 0 Å². The number of allylic oxidation sites excluding steroid dienone is 1. The second-order valence-corrected chi connectivity index (χ2v) is 5.68. The van der Waals surface area contributed by atoms with E-state index in [-0.39, 0.29) is 0 Å². The fourth-order valence-corrected chi connectivity index (χ4v) is 2.74. The van der Waals surface area contributed by atoms with Crippen LogP contribution in [0.3, 0.4) is 0 Å². The third-order valence-electron chi connectivity index (χ3n) is 4.07. The molecule has 1 saturated heterocycles. The summed E-state index contributed by atoms with van der Waals surface area (Å²) in [7, 11) is 0. The number of nitrogens with zero attached hydrogens (tertiary/aromatic N) is 3. The van der Waals surface area contributed by atoms with Gasteiger partial charge in [-0.3, -0.25) is 0 Å². The van der Waals surface area contributed by atoms with Crippen LogP contribution in [0.15, 0.2) is 60.9 Å². The summed E-state index contributed by atoms with van der Waals surface area (Å²) in [5.41, 5.74) is 3.14. The molecule has 0 unspecified atom stereocenters. The first kappa shape index (κ1) is 15.2. The first-order chi connectivity index (χ1) is 11.2. The van der Waals surface area contributed by atoms with E-state index >= 15 is 0 Å². The zero-order valence-electron chi connectivity index (χ0n) is 13.5. The highest BCUT2D eigenvalue weighted by Gasteiger charge is 2.19. The van der Waals surface area contributed by atoms with Gasteiger partial charge in [-0.2, -0.15) is 0 Å². The number of aromatic nitrogens is 1. The fourth-order valence-electron chi connectivity index (χ4n) is 2.74. The molecule has 0 saturated carbocycles. The van der Waals surface area contributed by atoms with Gasteiger partial charge in [0.15, 0.2) is 0 Å². The predicted molar refractivity (Wildman–Crippen MR) is 95.2 cm³/mol. The van der Waals surface area contributed by atoms with E-state index in [9.17, 15) is 0 Å². The number of benzene rings is 1. The second-order valence-electron chi connectivity index (χ2n) is 5.68. The van der Waals surface area contributed by atoms with Crippen LogP contribution in [0.2, 0.25) is 0 Å². The summed E-state index contributed by atoms with van der Waals surface area (Å²) in [5, 5.41) is 0. The van der Waals surface area contributed by atoms with E-state index in [1.165, 1.54) is 5.56 Å². The van der Waals surface area contributed by atoms with Gasteiger partial charge >= 0.3 is 0 Å². The van der Waals surface area contributed by atoms with Gasteiger partial charge in [0.05, 0.1) is 5.70 Å². The van der Waals surface area contributed by atoms with Gasteiger partial charge in [-0.25, -0.2) is 4.98 Å². The van der Waals surface area contributed by atoms with E-state index in [1.807, 2.05) is 42.6 Å². The lowest BCUT2D eigenvalue weighted by Gasteiger charge is -2.36. The molecule has 116 valence electrons. The molecular formula is C20H21N3. The molecule has 1 aliphatic rings. The SMILES string of the molecule is C=C(C#Cc1ccccc1)N1CCN(c2ncccc2C)CC1. The van der Waals surface area contributed by atoms with Gasteiger partial charge in [-0.05, 0) is 36.6 Å². The van der Waals surface area contributed by atoms with Crippen LogP contribution in [0.25, 0.3) is 0 Å². The monoisotopic (exact) mass is 303 g/mol. The lowest BCUT2D eigenvalue weighted by molar-refractivity contribution is 0.333. The Morgan fingerprint density at radius 2 is 1.78 bits per heavy atom. The molecule has 23 heavy (non-hydrogen) atoms. The first-order valence-electron chi connectivity index (χ1n) is 7.91. The maximum absolute atomic E-state index is 4.50. The van der Waals surface area contributed by atoms with Crippen molar-refractivity contribution >= 4 is 5.82 Å². The minimum Gasteiger partial charge on any atom is -0.362 e. The highest BCUT2D eigenvalue weighted by molar-refractivity contribution is 5.46. The molecule has 0 N–H and O–H groups in total. The van der Waals surface area contributed by atoms with Crippen LogP contribution in [-0.2, 0) is 0 Å². The highest BCUT2D eigenvalue weighted by Crippen LogP contribution is 2.18. The summed E-state index contributed by atoms with van der Waals surface area (Å²) in [6.45, 7) is 9.99. The largest absolute Gasteiger partial charge is 0.362 e. The number of pyridine rings is 1. The quantitative estimate of drug-likeness (QED) is 0.795. The van der Waals surface area contributed by atoms with Crippen molar-refractivity contribution < 1.29 is 0 Å². The van der Waals surface area contributed by atoms with Gasteiger partial charge in [-0.15, -0.1) is 0 Å². The van der Waals surface area contributed by atoms with E-state index in [0.29, 0.717) is 0 Å². The Hall–Kier alpha value is -2.73. The Labute approximate surface area is 138 Å². The van der Waals surface area contributed by atoms with Crippen LogP contribution in [0.5, 0.6) is 0 Å². The number of rotatable bonds is 2. The molecule has 1 aromatic heterocycles. The molecule has 3 rings (SSSR count). The van der Waals surface area contributed by atoms with Crippen LogP contribution in [-0.4, -0.2) is 36.1 Å². The summed E-state index contributed by atoms with van der Waals surface area (Å²) in [6.07, 6.45) is 1.86. The lowest BCUT2D eigenvalue weighted by atomic mass is 10.2. The molecule has 0 amide bonds. The maximum atomic E-state index is 4.50. The second kappa shape index (κ2) is 7.02. The molecule has 0 spiro atoms. The van der Waals surface area contributed by atoms with Crippen molar-refractivity contribution in [3.63, 3.8) is 0 Å². The molecule has 2 heterocycles. The third-order valence-corrected chi connectivity index (χ3v) is 4.07. The average Bonchev–Trinajstić information content (AvgIpc) is 2.61. The maximum Gasteiger partial charge on any atom is 0.131 e. The fraction of sp³-hybridized carbons (Fsp3) is 0.250. The Kier molecular flexibility index (Phi) is 4.63. The molecule has 3 heteroatoms. The van der Waals surface area contributed by atoms with Crippen LogP contribution < -0.4 is 4.90 Å². The summed E-state index contributed by atoms with van der Waals surface area (Å²) in [5.74, 6) is 7.45. The number of aryl methyl sites for hydroxylation is 1. The first-order valence-corrected chi connectivity index (χ1v) is 7.91. The number of anilines is 1. The Morgan fingerprint density at radius 3 is 2.48 bits per heavy atom. The molecule has 1 aliphatic heterocycles. The van der Waals surface area contributed by atoms with Crippen molar-refractivity contribution in [2.24, 2.45) is 0 Å². The Balaban J connectivity index is 1.60. The molecule has 1 fully saturated rings. The number of hydrogen-bond donors (Lipinski definition) is 0. The van der Waals surface area contributed by atoms with E-state index in [4.69, 9.17) is 0 Å². The van der Waals surface area contributed by atoms with E-state index in [2.05, 4.69) is 46.2 Å². The van der Waals surface area contributed by atoms with Crippen molar-refractivity contribution in [2.45, 2.75) is 6.92 Å². The minimum atomic E-state index is 0.895. The summed E-state index contributed by atoms with van der Waals surface area (Å²) in [4.78, 5) is 9.10. The molecule has 2 aromatic rings. The summed E-state index contributed by atoms with van der Waals surface area (Å²) >= 11 is 0.